The maximum absolute atomic E-state index is 13.3. The minimum absolute atomic E-state index is 0.0194. The molecule has 8 heteroatoms. The van der Waals surface area contributed by atoms with Gasteiger partial charge in [-0.2, -0.15) is 0 Å². The van der Waals surface area contributed by atoms with Crippen LogP contribution in [0.15, 0.2) is 80.5 Å². The number of aromatic nitrogens is 2. The van der Waals surface area contributed by atoms with Gasteiger partial charge >= 0.3 is 0 Å². The Hall–Kier alpha value is -3.10. The molecule has 0 aliphatic heterocycles. The number of nitro groups is 1. The molecule has 0 bridgehead atoms. The van der Waals surface area contributed by atoms with Crippen molar-refractivity contribution in [1.29, 1.82) is 0 Å². The van der Waals surface area contributed by atoms with Gasteiger partial charge in [-0.25, -0.2) is 4.98 Å². The SMILES string of the molecule is O=c1c2ccccc2nc(C=Cc2ccc([N+](=O)[O-])cc2)n1-c1cc(Br)ccc1Br. The second-order valence-corrected chi connectivity index (χ2v) is 8.18. The minimum Gasteiger partial charge on any atom is -0.268 e. The normalized spacial score (nSPS) is 11.3. The third-order valence-electron chi connectivity index (χ3n) is 4.48. The highest BCUT2D eigenvalue weighted by atomic mass is 79.9. The van der Waals surface area contributed by atoms with Crippen molar-refractivity contribution in [1.82, 2.24) is 9.55 Å². The fraction of sp³-hybridized carbons (Fsp3) is 0. The molecule has 0 unspecified atom stereocenters. The second kappa shape index (κ2) is 8.33. The molecule has 6 nitrogen and oxygen atoms in total. The molecule has 0 saturated heterocycles. The summed E-state index contributed by atoms with van der Waals surface area (Å²) in [5.41, 5.74) is 1.82. The summed E-state index contributed by atoms with van der Waals surface area (Å²) in [4.78, 5) is 28.4. The summed E-state index contributed by atoms with van der Waals surface area (Å²) in [6, 6.07) is 18.9. The van der Waals surface area contributed by atoms with Crippen molar-refractivity contribution in [3.8, 4) is 5.69 Å². The first-order valence-corrected chi connectivity index (χ1v) is 10.4. The molecule has 0 spiro atoms. The molecule has 0 amide bonds. The van der Waals surface area contributed by atoms with E-state index < -0.39 is 4.92 Å². The van der Waals surface area contributed by atoms with Gasteiger partial charge < -0.3 is 0 Å². The Balaban J connectivity index is 1.91. The second-order valence-electron chi connectivity index (χ2n) is 6.41. The van der Waals surface area contributed by atoms with E-state index in [1.54, 1.807) is 47.1 Å². The lowest BCUT2D eigenvalue weighted by Crippen LogP contribution is -2.22. The van der Waals surface area contributed by atoms with Crippen molar-refractivity contribution in [2.24, 2.45) is 0 Å². The van der Waals surface area contributed by atoms with Crippen molar-refractivity contribution in [2.75, 3.05) is 0 Å². The van der Waals surface area contributed by atoms with Gasteiger partial charge in [0.25, 0.3) is 11.2 Å². The van der Waals surface area contributed by atoms with Gasteiger partial charge in [0.05, 0.1) is 21.5 Å². The Kier molecular flexibility index (Phi) is 5.61. The van der Waals surface area contributed by atoms with Crippen LogP contribution in [0.2, 0.25) is 0 Å². The van der Waals surface area contributed by atoms with E-state index in [2.05, 4.69) is 36.8 Å². The Morgan fingerprint density at radius 1 is 0.967 bits per heavy atom. The van der Waals surface area contributed by atoms with E-state index in [0.717, 1.165) is 14.5 Å². The highest BCUT2D eigenvalue weighted by Gasteiger charge is 2.14. The molecule has 4 rings (SSSR count). The summed E-state index contributed by atoms with van der Waals surface area (Å²) in [5, 5.41) is 11.4. The van der Waals surface area contributed by atoms with Crippen LogP contribution in [-0.4, -0.2) is 14.5 Å². The molecule has 0 N–H and O–H groups in total. The van der Waals surface area contributed by atoms with Crippen molar-refractivity contribution < 1.29 is 4.92 Å². The van der Waals surface area contributed by atoms with E-state index in [-0.39, 0.29) is 11.2 Å². The summed E-state index contributed by atoms with van der Waals surface area (Å²) in [5.74, 6) is 0.441. The summed E-state index contributed by atoms with van der Waals surface area (Å²) in [6.45, 7) is 0. The fourth-order valence-electron chi connectivity index (χ4n) is 3.03. The van der Waals surface area contributed by atoms with Gasteiger partial charge in [-0.3, -0.25) is 19.5 Å². The molecule has 0 aliphatic rings. The van der Waals surface area contributed by atoms with E-state index >= 15 is 0 Å². The largest absolute Gasteiger partial charge is 0.269 e. The molecule has 1 aromatic heterocycles. The van der Waals surface area contributed by atoms with E-state index in [4.69, 9.17) is 0 Å². The summed E-state index contributed by atoms with van der Waals surface area (Å²) >= 11 is 6.98. The summed E-state index contributed by atoms with van der Waals surface area (Å²) in [7, 11) is 0. The predicted molar refractivity (Wildman–Crippen MR) is 125 cm³/mol. The van der Waals surface area contributed by atoms with Crippen LogP contribution in [0.5, 0.6) is 0 Å². The molecule has 0 aliphatic carbocycles. The smallest absolute Gasteiger partial charge is 0.268 e. The molecule has 0 saturated carbocycles. The number of hydrogen-bond donors (Lipinski definition) is 0. The lowest BCUT2D eigenvalue weighted by molar-refractivity contribution is -0.384. The number of benzene rings is 3. The highest BCUT2D eigenvalue weighted by molar-refractivity contribution is 9.11. The molecule has 4 aromatic rings. The Morgan fingerprint density at radius 2 is 1.70 bits per heavy atom. The summed E-state index contributed by atoms with van der Waals surface area (Å²) in [6.07, 6.45) is 3.49. The van der Waals surface area contributed by atoms with Gasteiger partial charge in [0.2, 0.25) is 0 Å². The standard InChI is InChI=1S/C22H13Br2N3O3/c23-15-8-11-18(24)20(13-15)26-21(25-19-4-2-1-3-17(19)22(26)28)12-7-14-5-9-16(10-6-14)27(29)30/h1-13H. The van der Waals surface area contributed by atoms with Crippen molar-refractivity contribution in [2.45, 2.75) is 0 Å². The van der Waals surface area contributed by atoms with Crippen LogP contribution < -0.4 is 5.56 Å². The number of hydrogen-bond acceptors (Lipinski definition) is 4. The van der Waals surface area contributed by atoms with Gasteiger partial charge in [-0.05, 0) is 70.0 Å². The van der Waals surface area contributed by atoms with Crippen LogP contribution in [0, 0.1) is 10.1 Å². The highest BCUT2D eigenvalue weighted by Crippen LogP contribution is 2.26. The maximum Gasteiger partial charge on any atom is 0.269 e. The third-order valence-corrected chi connectivity index (χ3v) is 5.64. The van der Waals surface area contributed by atoms with E-state index in [0.29, 0.717) is 22.4 Å². The van der Waals surface area contributed by atoms with Crippen molar-refractivity contribution >= 4 is 60.6 Å². The molecule has 0 atom stereocenters. The van der Waals surface area contributed by atoms with Crippen molar-refractivity contribution in [3.63, 3.8) is 0 Å². The summed E-state index contributed by atoms with van der Waals surface area (Å²) < 4.78 is 3.11. The van der Waals surface area contributed by atoms with Crippen molar-refractivity contribution in [3.05, 3.63) is 108 Å². The van der Waals surface area contributed by atoms with Crippen LogP contribution >= 0.6 is 31.9 Å². The molecule has 30 heavy (non-hydrogen) atoms. The van der Waals surface area contributed by atoms with Crippen LogP contribution in [-0.2, 0) is 0 Å². The average Bonchev–Trinajstić information content (AvgIpc) is 2.74. The van der Waals surface area contributed by atoms with Gasteiger partial charge in [0, 0.05) is 21.1 Å². The zero-order valence-electron chi connectivity index (χ0n) is 15.3. The lowest BCUT2D eigenvalue weighted by atomic mass is 10.2. The molecule has 148 valence electrons. The molecule has 0 radical (unpaired) electrons. The zero-order chi connectivity index (χ0) is 21.3. The van der Waals surface area contributed by atoms with Crippen LogP contribution in [0.4, 0.5) is 5.69 Å². The van der Waals surface area contributed by atoms with Crippen LogP contribution in [0.1, 0.15) is 11.4 Å². The first-order chi connectivity index (χ1) is 14.4. The van der Waals surface area contributed by atoms with Gasteiger partial charge in [0.1, 0.15) is 5.82 Å². The monoisotopic (exact) mass is 525 g/mol. The Bertz CT molecular complexity index is 1360. The number of halogens is 2. The molecule has 3 aromatic carbocycles. The zero-order valence-corrected chi connectivity index (χ0v) is 18.5. The van der Waals surface area contributed by atoms with E-state index in [1.807, 2.05) is 24.3 Å². The first kappa shape index (κ1) is 20.2. The van der Waals surface area contributed by atoms with Gasteiger partial charge in [0.15, 0.2) is 0 Å². The maximum atomic E-state index is 13.3. The van der Waals surface area contributed by atoms with E-state index in [9.17, 15) is 14.9 Å². The number of para-hydroxylation sites is 1. The van der Waals surface area contributed by atoms with Gasteiger partial charge in [-0.1, -0.05) is 34.1 Å². The number of nitro benzene ring substituents is 1. The molecule has 1 heterocycles. The molecule has 0 fully saturated rings. The molecular formula is C22H13Br2N3O3. The van der Waals surface area contributed by atoms with Crippen LogP contribution in [0.25, 0.3) is 28.7 Å². The first-order valence-electron chi connectivity index (χ1n) is 8.84. The number of non-ortho nitro benzene ring substituents is 1. The van der Waals surface area contributed by atoms with Gasteiger partial charge in [-0.15, -0.1) is 0 Å². The van der Waals surface area contributed by atoms with E-state index in [1.165, 1.54) is 12.1 Å². The topological polar surface area (TPSA) is 78.0 Å². The fourth-order valence-corrected chi connectivity index (χ4v) is 3.80. The quantitative estimate of drug-likeness (QED) is 0.242. The van der Waals surface area contributed by atoms with Crippen LogP contribution in [0.3, 0.4) is 0 Å². The lowest BCUT2D eigenvalue weighted by Gasteiger charge is -2.13. The molecular weight excluding hydrogens is 514 g/mol. The number of rotatable bonds is 4. The Morgan fingerprint density at radius 3 is 2.43 bits per heavy atom. The third kappa shape index (κ3) is 3.96. The number of fused-ring (bicyclic) bond motifs is 1. The Labute approximate surface area is 187 Å². The predicted octanol–water partition coefficient (Wildman–Crippen LogP) is 5.99. The average molecular weight is 527 g/mol. The number of nitrogens with zero attached hydrogens (tertiary/aromatic N) is 3. The minimum atomic E-state index is -0.444.